The van der Waals surface area contributed by atoms with E-state index in [0.717, 1.165) is 18.2 Å². The molecule has 0 saturated carbocycles. The van der Waals surface area contributed by atoms with E-state index < -0.39 is 34.4 Å². The summed E-state index contributed by atoms with van der Waals surface area (Å²) in [6.07, 6.45) is 1.53. The van der Waals surface area contributed by atoms with E-state index in [1.165, 1.54) is 6.08 Å². The van der Waals surface area contributed by atoms with Crippen LogP contribution in [0.5, 0.6) is 5.75 Å². The van der Waals surface area contributed by atoms with Crippen LogP contribution in [-0.4, -0.2) is 16.8 Å². The van der Waals surface area contributed by atoms with Gasteiger partial charge in [-0.2, -0.15) is 0 Å². The first kappa shape index (κ1) is 16.8. The number of carbonyl (C=O) groups excluding carboxylic acids is 2. The van der Waals surface area contributed by atoms with Gasteiger partial charge in [0.15, 0.2) is 0 Å². The summed E-state index contributed by atoms with van der Waals surface area (Å²) in [5, 5.41) is 36.1. The van der Waals surface area contributed by atoms with Crippen molar-refractivity contribution in [2.75, 3.05) is 5.32 Å². The molecule has 1 amide bonds. The molecule has 2 atom stereocenters. The molecular weight excluding hydrogens is 328 g/mol. The zero-order chi connectivity index (χ0) is 17.1. The number of non-ortho nitro benzene ring substituents is 1. The maximum absolute atomic E-state index is 12.3. The molecular formula is C14H11ClN2O6-2. The molecule has 0 unspecified atom stereocenters. The van der Waals surface area contributed by atoms with Crippen molar-refractivity contribution < 1.29 is 24.7 Å². The number of halogens is 1. The van der Waals surface area contributed by atoms with Crippen LogP contribution in [0, 0.1) is 22.0 Å². The van der Waals surface area contributed by atoms with Gasteiger partial charge in [-0.1, -0.05) is 29.5 Å². The number of carboxylic acid groups (broad SMARTS) is 1. The lowest BCUT2D eigenvalue weighted by molar-refractivity contribution is -0.385. The van der Waals surface area contributed by atoms with Crippen molar-refractivity contribution in [1.29, 1.82) is 0 Å². The van der Waals surface area contributed by atoms with E-state index in [4.69, 9.17) is 11.6 Å². The number of nitro benzene ring substituents is 1. The Balaban J connectivity index is 2.24. The third-order valence-electron chi connectivity index (χ3n) is 3.57. The Morgan fingerprint density at radius 1 is 1.30 bits per heavy atom. The first-order valence-corrected chi connectivity index (χ1v) is 6.99. The molecule has 0 fully saturated rings. The minimum Gasteiger partial charge on any atom is -0.871 e. The summed E-state index contributed by atoms with van der Waals surface area (Å²) >= 11 is 5.84. The Morgan fingerprint density at radius 3 is 2.61 bits per heavy atom. The van der Waals surface area contributed by atoms with Gasteiger partial charge in [-0.15, -0.1) is 0 Å². The zero-order valence-corrected chi connectivity index (χ0v) is 12.4. The maximum Gasteiger partial charge on any atom is 0.271 e. The summed E-state index contributed by atoms with van der Waals surface area (Å²) in [6.45, 7) is 0. The van der Waals surface area contributed by atoms with Crippen LogP contribution in [-0.2, 0) is 9.59 Å². The van der Waals surface area contributed by atoms with E-state index in [-0.39, 0.29) is 24.2 Å². The summed E-state index contributed by atoms with van der Waals surface area (Å²) in [5.41, 5.74) is -0.648. The normalized spacial score (nSPS) is 20.5. The molecule has 23 heavy (non-hydrogen) atoms. The van der Waals surface area contributed by atoms with E-state index in [0.29, 0.717) is 5.03 Å². The number of nitrogens with zero attached hydrogens (tertiary/aromatic N) is 1. The molecule has 0 spiro atoms. The second-order valence-electron chi connectivity index (χ2n) is 5.05. The number of allylic oxidation sites excluding steroid dienone is 2. The largest absolute Gasteiger partial charge is 0.871 e. The fourth-order valence-electron chi connectivity index (χ4n) is 2.35. The Bertz CT molecular complexity index is 703. The summed E-state index contributed by atoms with van der Waals surface area (Å²) in [5.74, 6) is -4.86. The first-order chi connectivity index (χ1) is 10.8. The molecule has 0 bridgehead atoms. The molecule has 122 valence electrons. The van der Waals surface area contributed by atoms with Crippen LogP contribution in [0.2, 0.25) is 0 Å². The number of hydrogen-bond donors (Lipinski definition) is 1. The molecule has 1 aliphatic rings. The number of aliphatic carboxylic acids is 1. The number of amides is 1. The number of anilines is 1. The number of carboxylic acids is 1. The molecule has 0 radical (unpaired) electrons. The van der Waals surface area contributed by atoms with Gasteiger partial charge in [-0.3, -0.25) is 14.9 Å². The number of rotatable bonds is 4. The van der Waals surface area contributed by atoms with Crippen molar-refractivity contribution in [2.45, 2.75) is 12.8 Å². The van der Waals surface area contributed by atoms with Crippen LogP contribution in [0.15, 0.2) is 29.3 Å². The number of carbonyl (C=O) groups is 2. The van der Waals surface area contributed by atoms with Crippen LogP contribution < -0.4 is 15.5 Å². The summed E-state index contributed by atoms with van der Waals surface area (Å²) in [7, 11) is 0. The minimum atomic E-state index is -1.40. The lowest BCUT2D eigenvalue weighted by Crippen LogP contribution is -2.42. The Kier molecular flexibility index (Phi) is 4.85. The second kappa shape index (κ2) is 6.66. The van der Waals surface area contributed by atoms with Crippen molar-refractivity contribution in [2.24, 2.45) is 11.8 Å². The lowest BCUT2D eigenvalue weighted by atomic mass is 9.82. The SMILES string of the molecule is O=C([O-])[C@H]1CC=C(Cl)C[C@@H]1C(=O)Nc1cc([N+](=O)[O-])ccc1[O-]. The highest BCUT2D eigenvalue weighted by atomic mass is 35.5. The van der Waals surface area contributed by atoms with Crippen LogP contribution in [0.25, 0.3) is 0 Å². The fraction of sp³-hybridized carbons (Fsp3) is 0.286. The zero-order valence-electron chi connectivity index (χ0n) is 11.7. The van der Waals surface area contributed by atoms with Crippen molar-refractivity contribution in [3.05, 3.63) is 39.4 Å². The highest BCUT2D eigenvalue weighted by molar-refractivity contribution is 6.29. The molecule has 1 aliphatic carbocycles. The molecule has 1 aromatic carbocycles. The predicted molar refractivity (Wildman–Crippen MR) is 76.3 cm³/mol. The van der Waals surface area contributed by atoms with Gasteiger partial charge in [0.2, 0.25) is 5.91 Å². The van der Waals surface area contributed by atoms with Gasteiger partial charge in [-0.25, -0.2) is 0 Å². The number of benzene rings is 1. The van der Waals surface area contributed by atoms with Gasteiger partial charge in [0.25, 0.3) is 5.69 Å². The van der Waals surface area contributed by atoms with E-state index in [1.54, 1.807) is 0 Å². The van der Waals surface area contributed by atoms with Crippen molar-refractivity contribution in [3.8, 4) is 5.75 Å². The molecule has 0 heterocycles. The van der Waals surface area contributed by atoms with Crippen molar-refractivity contribution in [3.63, 3.8) is 0 Å². The highest BCUT2D eigenvalue weighted by Crippen LogP contribution is 2.33. The minimum absolute atomic E-state index is 0.00481. The smallest absolute Gasteiger partial charge is 0.271 e. The second-order valence-corrected chi connectivity index (χ2v) is 5.54. The van der Waals surface area contributed by atoms with Gasteiger partial charge in [0, 0.05) is 34.7 Å². The quantitative estimate of drug-likeness (QED) is 0.627. The van der Waals surface area contributed by atoms with Crippen LogP contribution >= 0.6 is 11.6 Å². The lowest BCUT2D eigenvalue weighted by Gasteiger charge is -2.30. The third-order valence-corrected chi connectivity index (χ3v) is 3.87. The van der Waals surface area contributed by atoms with Gasteiger partial charge in [0.05, 0.1) is 10.8 Å². The fourth-order valence-corrected chi connectivity index (χ4v) is 2.60. The van der Waals surface area contributed by atoms with Crippen molar-refractivity contribution in [1.82, 2.24) is 0 Å². The molecule has 0 aliphatic heterocycles. The molecule has 0 saturated heterocycles. The van der Waals surface area contributed by atoms with Crippen LogP contribution in [0.4, 0.5) is 11.4 Å². The topological polar surface area (TPSA) is 135 Å². The average molecular weight is 339 g/mol. The number of nitro groups is 1. The van der Waals surface area contributed by atoms with Crippen LogP contribution in [0.1, 0.15) is 12.8 Å². The summed E-state index contributed by atoms with van der Waals surface area (Å²) in [4.78, 5) is 33.4. The Hall–Kier alpha value is -2.61. The van der Waals surface area contributed by atoms with E-state index in [1.807, 2.05) is 0 Å². The van der Waals surface area contributed by atoms with Crippen molar-refractivity contribution >= 4 is 34.9 Å². The molecule has 9 heteroatoms. The molecule has 1 N–H and O–H groups in total. The molecule has 2 rings (SSSR count). The number of hydrogen-bond acceptors (Lipinski definition) is 6. The standard InChI is InChI=1S/C14H13ClN2O6/c15-7-1-3-9(14(20)21)10(5-7)13(19)16-11-6-8(17(22)23)2-4-12(11)18/h1-2,4,6,9-10,18H,3,5H2,(H,16,19)(H,20,21)/p-2/t9-,10-/m0/s1. The summed E-state index contributed by atoms with van der Waals surface area (Å²) in [6, 6.07) is 2.90. The Labute approximate surface area is 135 Å². The number of nitrogens with one attached hydrogen (secondary N) is 1. The van der Waals surface area contributed by atoms with E-state index in [2.05, 4.69) is 5.32 Å². The molecule has 8 nitrogen and oxygen atoms in total. The first-order valence-electron chi connectivity index (χ1n) is 6.61. The van der Waals surface area contributed by atoms with Gasteiger partial charge >= 0.3 is 0 Å². The average Bonchev–Trinajstić information content (AvgIpc) is 2.48. The van der Waals surface area contributed by atoms with Gasteiger partial charge in [-0.05, 0) is 12.8 Å². The highest BCUT2D eigenvalue weighted by Gasteiger charge is 2.32. The molecule has 0 aromatic heterocycles. The van der Waals surface area contributed by atoms with E-state index in [9.17, 15) is 29.9 Å². The van der Waals surface area contributed by atoms with Gasteiger partial charge in [0.1, 0.15) is 0 Å². The predicted octanol–water partition coefficient (Wildman–Crippen LogP) is 0.506. The summed E-state index contributed by atoms with van der Waals surface area (Å²) < 4.78 is 0. The third kappa shape index (κ3) is 3.78. The monoisotopic (exact) mass is 338 g/mol. The Morgan fingerprint density at radius 2 is 2.00 bits per heavy atom. The van der Waals surface area contributed by atoms with E-state index >= 15 is 0 Å². The molecule has 1 aromatic rings. The van der Waals surface area contributed by atoms with Crippen LogP contribution in [0.3, 0.4) is 0 Å². The maximum atomic E-state index is 12.3. The van der Waals surface area contributed by atoms with Gasteiger partial charge < -0.3 is 20.3 Å².